The van der Waals surface area contributed by atoms with Gasteiger partial charge in [-0.2, -0.15) is 0 Å². The first kappa shape index (κ1) is 13.8. The molecule has 0 unspecified atom stereocenters. The van der Waals surface area contributed by atoms with Crippen LogP contribution in [0, 0.1) is 13.8 Å². The van der Waals surface area contributed by atoms with Crippen molar-refractivity contribution in [2.75, 3.05) is 18.8 Å². The highest BCUT2D eigenvalue weighted by atomic mass is 16.2. The number of hydrogen-bond donors (Lipinski definition) is 2. The minimum atomic E-state index is -0.508. The quantitative estimate of drug-likeness (QED) is 0.834. The Hall–Kier alpha value is -1.62. The Labute approximate surface area is 114 Å². The standard InChI is InChI=1S/C14H22N4O/c1-9-7-17-11(10(2)12(9)15)8-18-6-5-16-13(19)14(18,3)4/h7H,5-6,8H2,1-4H3,(H2,15,17)(H,16,19). The number of nitrogen functional groups attached to an aromatic ring is 1. The fraction of sp³-hybridized carbons (Fsp3) is 0.571. The molecule has 0 bridgehead atoms. The Kier molecular flexibility index (Phi) is 3.49. The number of aromatic nitrogens is 1. The average Bonchev–Trinajstić information content (AvgIpc) is 2.36. The number of nitrogens with two attached hydrogens (primary N) is 1. The Morgan fingerprint density at radius 1 is 1.47 bits per heavy atom. The molecule has 1 aromatic heterocycles. The number of anilines is 1. The third kappa shape index (κ3) is 2.42. The van der Waals surface area contributed by atoms with E-state index in [9.17, 15) is 4.79 Å². The second-order valence-electron chi connectivity index (χ2n) is 5.66. The topological polar surface area (TPSA) is 71.2 Å². The summed E-state index contributed by atoms with van der Waals surface area (Å²) in [6.45, 7) is 9.98. The molecule has 1 aromatic rings. The molecule has 0 atom stereocenters. The molecular formula is C14H22N4O. The molecule has 1 aliphatic rings. The SMILES string of the molecule is Cc1cnc(CN2CCNC(=O)C2(C)C)c(C)c1N. The largest absolute Gasteiger partial charge is 0.398 e. The van der Waals surface area contributed by atoms with Gasteiger partial charge in [0.05, 0.1) is 11.2 Å². The second-order valence-corrected chi connectivity index (χ2v) is 5.66. The van der Waals surface area contributed by atoms with Crippen molar-refractivity contribution >= 4 is 11.6 Å². The van der Waals surface area contributed by atoms with Gasteiger partial charge >= 0.3 is 0 Å². The third-order valence-corrected chi connectivity index (χ3v) is 4.03. The lowest BCUT2D eigenvalue weighted by atomic mass is 9.98. The van der Waals surface area contributed by atoms with Crippen LogP contribution in [0.1, 0.15) is 30.7 Å². The molecule has 0 aromatic carbocycles. The summed E-state index contributed by atoms with van der Waals surface area (Å²) < 4.78 is 0. The fourth-order valence-corrected chi connectivity index (χ4v) is 2.35. The van der Waals surface area contributed by atoms with Crippen LogP contribution in [0.2, 0.25) is 0 Å². The number of piperazine rings is 1. The first-order valence-corrected chi connectivity index (χ1v) is 6.58. The van der Waals surface area contributed by atoms with Gasteiger partial charge in [0.25, 0.3) is 0 Å². The Morgan fingerprint density at radius 3 is 2.84 bits per heavy atom. The first-order chi connectivity index (χ1) is 8.84. The van der Waals surface area contributed by atoms with Crippen LogP contribution in [-0.2, 0) is 11.3 Å². The summed E-state index contributed by atoms with van der Waals surface area (Å²) in [6, 6.07) is 0. The number of hydrogen-bond acceptors (Lipinski definition) is 4. The van der Waals surface area contributed by atoms with E-state index in [1.165, 1.54) is 0 Å². The zero-order chi connectivity index (χ0) is 14.2. The lowest BCUT2D eigenvalue weighted by Gasteiger charge is -2.41. The monoisotopic (exact) mass is 262 g/mol. The number of rotatable bonds is 2. The molecule has 2 heterocycles. The van der Waals surface area contributed by atoms with Gasteiger partial charge in [-0.1, -0.05) is 0 Å². The summed E-state index contributed by atoms with van der Waals surface area (Å²) in [6.07, 6.45) is 1.80. The van der Waals surface area contributed by atoms with E-state index in [1.54, 1.807) is 6.20 Å². The van der Waals surface area contributed by atoms with E-state index in [2.05, 4.69) is 15.2 Å². The van der Waals surface area contributed by atoms with Crippen LogP contribution >= 0.6 is 0 Å². The van der Waals surface area contributed by atoms with Gasteiger partial charge in [-0.05, 0) is 38.8 Å². The van der Waals surface area contributed by atoms with Crippen LogP contribution in [0.5, 0.6) is 0 Å². The zero-order valence-electron chi connectivity index (χ0n) is 12.1. The lowest BCUT2D eigenvalue weighted by Crippen LogP contribution is -2.61. The average molecular weight is 262 g/mol. The normalized spacial score (nSPS) is 19.3. The van der Waals surface area contributed by atoms with Crippen LogP contribution in [0.3, 0.4) is 0 Å². The molecule has 1 aliphatic heterocycles. The van der Waals surface area contributed by atoms with Crippen molar-refractivity contribution < 1.29 is 4.79 Å². The van der Waals surface area contributed by atoms with Gasteiger partial charge in [0.1, 0.15) is 0 Å². The predicted octanol–water partition coefficient (Wildman–Crippen LogP) is 0.991. The molecule has 0 saturated carbocycles. The van der Waals surface area contributed by atoms with Gasteiger partial charge in [-0.3, -0.25) is 14.7 Å². The number of pyridine rings is 1. The van der Waals surface area contributed by atoms with Gasteiger partial charge in [0.15, 0.2) is 0 Å². The number of carbonyl (C=O) groups excluding carboxylic acids is 1. The highest BCUT2D eigenvalue weighted by molar-refractivity contribution is 5.86. The van der Waals surface area contributed by atoms with Crippen molar-refractivity contribution in [1.29, 1.82) is 0 Å². The molecule has 0 aliphatic carbocycles. The smallest absolute Gasteiger partial charge is 0.240 e. The third-order valence-electron chi connectivity index (χ3n) is 4.03. The number of carbonyl (C=O) groups is 1. The van der Waals surface area contributed by atoms with E-state index < -0.39 is 5.54 Å². The molecule has 3 N–H and O–H groups in total. The summed E-state index contributed by atoms with van der Waals surface area (Å²) in [4.78, 5) is 18.5. The van der Waals surface area contributed by atoms with Gasteiger partial charge in [0, 0.05) is 31.5 Å². The molecule has 0 radical (unpaired) electrons. The van der Waals surface area contributed by atoms with Crippen LogP contribution in [0.25, 0.3) is 0 Å². The maximum Gasteiger partial charge on any atom is 0.240 e. The number of aryl methyl sites for hydroxylation is 1. The van der Waals surface area contributed by atoms with Gasteiger partial charge in [-0.15, -0.1) is 0 Å². The minimum absolute atomic E-state index is 0.0662. The van der Waals surface area contributed by atoms with E-state index in [1.807, 2.05) is 27.7 Å². The molecule has 1 fully saturated rings. The number of amides is 1. The molecule has 0 spiro atoms. The van der Waals surface area contributed by atoms with E-state index in [0.717, 1.165) is 29.1 Å². The van der Waals surface area contributed by atoms with Crippen molar-refractivity contribution in [2.45, 2.75) is 39.8 Å². The molecule has 19 heavy (non-hydrogen) atoms. The van der Waals surface area contributed by atoms with Crippen LogP contribution in [0.15, 0.2) is 6.20 Å². The maximum absolute atomic E-state index is 11.9. The summed E-state index contributed by atoms with van der Waals surface area (Å²) in [7, 11) is 0. The maximum atomic E-state index is 11.9. The summed E-state index contributed by atoms with van der Waals surface area (Å²) in [5.74, 6) is 0.0662. The molecular weight excluding hydrogens is 240 g/mol. The number of nitrogens with zero attached hydrogens (tertiary/aromatic N) is 2. The molecule has 5 heteroatoms. The second kappa shape index (κ2) is 4.81. The fourth-order valence-electron chi connectivity index (χ4n) is 2.35. The molecule has 1 saturated heterocycles. The highest BCUT2D eigenvalue weighted by Gasteiger charge is 2.37. The van der Waals surface area contributed by atoms with Crippen LogP contribution in [-0.4, -0.2) is 34.4 Å². The Balaban J connectivity index is 2.26. The molecule has 104 valence electrons. The van der Waals surface area contributed by atoms with E-state index in [4.69, 9.17) is 5.73 Å². The Bertz CT molecular complexity index is 510. The van der Waals surface area contributed by atoms with E-state index in [-0.39, 0.29) is 5.91 Å². The summed E-state index contributed by atoms with van der Waals surface area (Å²) in [5, 5.41) is 2.90. The van der Waals surface area contributed by atoms with Gasteiger partial charge in [0.2, 0.25) is 5.91 Å². The van der Waals surface area contributed by atoms with E-state index in [0.29, 0.717) is 13.1 Å². The van der Waals surface area contributed by atoms with Gasteiger partial charge in [-0.25, -0.2) is 0 Å². The van der Waals surface area contributed by atoms with Crippen molar-refractivity contribution in [2.24, 2.45) is 0 Å². The van der Waals surface area contributed by atoms with Crippen LogP contribution < -0.4 is 11.1 Å². The Morgan fingerprint density at radius 2 is 2.16 bits per heavy atom. The molecule has 2 rings (SSSR count). The van der Waals surface area contributed by atoms with Crippen molar-refractivity contribution in [1.82, 2.24) is 15.2 Å². The zero-order valence-corrected chi connectivity index (χ0v) is 12.1. The van der Waals surface area contributed by atoms with Gasteiger partial charge < -0.3 is 11.1 Å². The summed E-state index contributed by atoms with van der Waals surface area (Å²) >= 11 is 0. The lowest BCUT2D eigenvalue weighted by molar-refractivity contribution is -0.135. The van der Waals surface area contributed by atoms with E-state index >= 15 is 0 Å². The predicted molar refractivity (Wildman–Crippen MR) is 75.6 cm³/mol. The van der Waals surface area contributed by atoms with Crippen molar-refractivity contribution in [3.8, 4) is 0 Å². The number of nitrogens with one attached hydrogen (secondary N) is 1. The highest BCUT2D eigenvalue weighted by Crippen LogP contribution is 2.24. The van der Waals surface area contributed by atoms with Crippen molar-refractivity contribution in [3.63, 3.8) is 0 Å². The minimum Gasteiger partial charge on any atom is -0.398 e. The first-order valence-electron chi connectivity index (χ1n) is 6.58. The molecule has 1 amide bonds. The summed E-state index contributed by atoms with van der Waals surface area (Å²) in [5.41, 5.74) is 9.30. The molecule has 5 nitrogen and oxygen atoms in total. The van der Waals surface area contributed by atoms with Crippen LogP contribution in [0.4, 0.5) is 5.69 Å². The van der Waals surface area contributed by atoms with Crippen molar-refractivity contribution in [3.05, 3.63) is 23.0 Å².